The third-order valence-corrected chi connectivity index (χ3v) is 4.45. The average molecular weight is 429 g/mol. The van der Waals surface area contributed by atoms with Crippen LogP contribution in [0.15, 0.2) is 89.7 Å². The molecule has 0 unspecified atom stereocenters. The summed E-state index contributed by atoms with van der Waals surface area (Å²) < 4.78 is 10.5. The number of amides is 2. The van der Waals surface area contributed by atoms with E-state index in [1.807, 2.05) is 36.4 Å². The van der Waals surface area contributed by atoms with Crippen molar-refractivity contribution < 1.29 is 19.1 Å². The lowest BCUT2D eigenvalue weighted by atomic mass is 10.1. The maximum atomic E-state index is 12.8. The molecule has 0 radical (unpaired) electrons. The Bertz CT molecular complexity index is 1130. The highest BCUT2D eigenvalue weighted by Gasteiger charge is 2.14. The van der Waals surface area contributed by atoms with Crippen LogP contribution in [0, 0.1) is 0 Å². The molecular weight excluding hydrogens is 406 g/mol. The molecule has 162 valence electrons. The maximum absolute atomic E-state index is 12.8. The van der Waals surface area contributed by atoms with Gasteiger partial charge < -0.3 is 14.8 Å². The highest BCUT2D eigenvalue weighted by Crippen LogP contribution is 2.22. The summed E-state index contributed by atoms with van der Waals surface area (Å²) in [5.41, 5.74) is 4.31. The lowest BCUT2D eigenvalue weighted by Crippen LogP contribution is -2.32. The third kappa shape index (κ3) is 6.06. The molecule has 0 atom stereocenters. The second-order valence-corrected chi connectivity index (χ2v) is 6.60. The van der Waals surface area contributed by atoms with Crippen molar-refractivity contribution in [2.45, 2.75) is 0 Å². The molecule has 3 aromatic rings. The molecule has 7 heteroatoms. The average Bonchev–Trinajstić information content (AvgIpc) is 2.84. The van der Waals surface area contributed by atoms with Crippen molar-refractivity contribution in [1.82, 2.24) is 10.7 Å². The normalized spacial score (nSPS) is 11.1. The highest BCUT2D eigenvalue weighted by atomic mass is 16.5. The standard InChI is InChI=1S/C25H23N3O4/c1-31-21-13-14-23(32-2)20(16-21)17-26-28-25(30)22(15-18-9-5-3-6-10-18)27-24(29)19-11-7-4-8-12-19/h3-17H,1-2H3,(H,27,29)(H,28,30)/b22-15-,26-17-. The van der Waals surface area contributed by atoms with Crippen LogP contribution in [0.5, 0.6) is 11.5 Å². The summed E-state index contributed by atoms with van der Waals surface area (Å²) in [7, 11) is 3.10. The molecule has 0 aliphatic carbocycles. The van der Waals surface area contributed by atoms with Gasteiger partial charge in [0.05, 0.1) is 20.4 Å². The number of methoxy groups -OCH3 is 2. The fourth-order valence-electron chi connectivity index (χ4n) is 2.82. The van der Waals surface area contributed by atoms with Crippen molar-refractivity contribution in [3.8, 4) is 11.5 Å². The van der Waals surface area contributed by atoms with E-state index in [0.29, 0.717) is 22.6 Å². The van der Waals surface area contributed by atoms with Crippen LogP contribution in [-0.2, 0) is 4.79 Å². The quantitative estimate of drug-likeness (QED) is 0.325. The van der Waals surface area contributed by atoms with Crippen LogP contribution in [-0.4, -0.2) is 32.2 Å². The largest absolute Gasteiger partial charge is 0.497 e. The Hall–Kier alpha value is -4.39. The van der Waals surface area contributed by atoms with Crippen LogP contribution in [0.1, 0.15) is 21.5 Å². The van der Waals surface area contributed by atoms with Gasteiger partial charge in [-0.25, -0.2) is 5.43 Å². The summed E-state index contributed by atoms with van der Waals surface area (Å²) in [5, 5.41) is 6.68. The van der Waals surface area contributed by atoms with Gasteiger partial charge in [0.2, 0.25) is 0 Å². The fraction of sp³-hybridized carbons (Fsp3) is 0.0800. The zero-order valence-electron chi connectivity index (χ0n) is 17.7. The molecule has 0 bridgehead atoms. The lowest BCUT2D eigenvalue weighted by molar-refractivity contribution is -0.117. The molecule has 3 rings (SSSR count). The number of ether oxygens (including phenoxy) is 2. The maximum Gasteiger partial charge on any atom is 0.287 e. The number of hydrogen-bond donors (Lipinski definition) is 2. The molecule has 2 amide bonds. The minimum Gasteiger partial charge on any atom is -0.497 e. The third-order valence-electron chi connectivity index (χ3n) is 4.45. The van der Waals surface area contributed by atoms with Gasteiger partial charge in [-0.2, -0.15) is 5.10 Å². The Morgan fingerprint density at radius 3 is 2.22 bits per heavy atom. The summed E-state index contributed by atoms with van der Waals surface area (Å²) >= 11 is 0. The summed E-state index contributed by atoms with van der Waals surface area (Å²) in [6.45, 7) is 0. The summed E-state index contributed by atoms with van der Waals surface area (Å²) in [5.74, 6) is 0.220. The van der Waals surface area contributed by atoms with Crippen LogP contribution >= 0.6 is 0 Å². The van der Waals surface area contributed by atoms with Gasteiger partial charge in [-0.3, -0.25) is 9.59 Å². The Balaban J connectivity index is 1.80. The zero-order valence-corrected chi connectivity index (χ0v) is 17.7. The van der Waals surface area contributed by atoms with Crippen LogP contribution in [0.4, 0.5) is 0 Å². The van der Waals surface area contributed by atoms with Gasteiger partial charge in [0.1, 0.15) is 17.2 Å². The minimum atomic E-state index is -0.573. The predicted octanol–water partition coefficient (Wildman–Crippen LogP) is 3.63. The van der Waals surface area contributed by atoms with Gasteiger partial charge in [0, 0.05) is 11.1 Å². The number of hydrogen-bond acceptors (Lipinski definition) is 5. The fourth-order valence-corrected chi connectivity index (χ4v) is 2.82. The lowest BCUT2D eigenvalue weighted by Gasteiger charge is -2.10. The second-order valence-electron chi connectivity index (χ2n) is 6.60. The number of rotatable bonds is 8. The first-order valence-corrected chi connectivity index (χ1v) is 9.79. The van der Waals surface area contributed by atoms with Gasteiger partial charge in [-0.15, -0.1) is 0 Å². The molecule has 0 saturated carbocycles. The zero-order chi connectivity index (χ0) is 22.8. The van der Waals surface area contributed by atoms with Gasteiger partial charge in [0.15, 0.2) is 0 Å². The number of nitrogens with zero attached hydrogens (tertiary/aromatic N) is 1. The SMILES string of the molecule is COc1ccc(OC)c(/C=N\NC(=O)/C(=C/c2ccccc2)NC(=O)c2ccccc2)c1. The Morgan fingerprint density at radius 2 is 1.56 bits per heavy atom. The van der Waals surface area contributed by atoms with Crippen molar-refractivity contribution in [2.24, 2.45) is 5.10 Å². The molecule has 0 spiro atoms. The summed E-state index contributed by atoms with van der Waals surface area (Å²) in [6.07, 6.45) is 3.02. The molecule has 0 aromatic heterocycles. The van der Waals surface area contributed by atoms with Gasteiger partial charge >= 0.3 is 0 Å². The first-order chi connectivity index (χ1) is 15.6. The van der Waals surface area contributed by atoms with Crippen LogP contribution in [0.25, 0.3) is 6.08 Å². The number of nitrogens with one attached hydrogen (secondary N) is 2. The van der Waals surface area contributed by atoms with Gasteiger partial charge in [-0.1, -0.05) is 48.5 Å². The monoisotopic (exact) mass is 429 g/mol. The van der Waals surface area contributed by atoms with E-state index in [4.69, 9.17) is 9.47 Å². The van der Waals surface area contributed by atoms with E-state index in [2.05, 4.69) is 15.8 Å². The first kappa shape index (κ1) is 22.3. The van der Waals surface area contributed by atoms with Gasteiger partial charge in [0.25, 0.3) is 11.8 Å². The van der Waals surface area contributed by atoms with E-state index in [1.165, 1.54) is 13.3 Å². The van der Waals surface area contributed by atoms with E-state index >= 15 is 0 Å². The van der Waals surface area contributed by atoms with E-state index in [-0.39, 0.29) is 5.70 Å². The molecule has 0 fully saturated rings. The molecule has 2 N–H and O–H groups in total. The second kappa shape index (κ2) is 11.1. The van der Waals surface area contributed by atoms with Crippen molar-refractivity contribution in [2.75, 3.05) is 14.2 Å². The van der Waals surface area contributed by atoms with Crippen molar-refractivity contribution >= 4 is 24.1 Å². The first-order valence-electron chi connectivity index (χ1n) is 9.79. The van der Waals surface area contributed by atoms with E-state index in [0.717, 1.165) is 5.56 Å². The van der Waals surface area contributed by atoms with Crippen molar-refractivity contribution in [3.05, 3.63) is 101 Å². The van der Waals surface area contributed by atoms with Crippen molar-refractivity contribution in [1.29, 1.82) is 0 Å². The molecule has 0 heterocycles. The Labute approximate surface area is 186 Å². The topological polar surface area (TPSA) is 89.0 Å². The Morgan fingerprint density at radius 1 is 0.875 bits per heavy atom. The minimum absolute atomic E-state index is 0.0554. The number of hydrazone groups is 1. The molecule has 0 aliphatic heterocycles. The molecule has 0 aliphatic rings. The van der Waals surface area contributed by atoms with Gasteiger partial charge in [-0.05, 0) is 42.0 Å². The molecular formula is C25H23N3O4. The van der Waals surface area contributed by atoms with Crippen LogP contribution in [0.2, 0.25) is 0 Å². The number of carbonyl (C=O) groups is 2. The summed E-state index contributed by atoms with van der Waals surface area (Å²) in [4.78, 5) is 25.4. The molecule has 32 heavy (non-hydrogen) atoms. The van der Waals surface area contributed by atoms with Crippen LogP contribution < -0.4 is 20.2 Å². The predicted molar refractivity (Wildman–Crippen MR) is 124 cm³/mol. The van der Waals surface area contributed by atoms with Crippen molar-refractivity contribution in [3.63, 3.8) is 0 Å². The van der Waals surface area contributed by atoms with E-state index < -0.39 is 11.8 Å². The molecule has 7 nitrogen and oxygen atoms in total. The molecule has 0 saturated heterocycles. The Kier molecular flexibility index (Phi) is 7.75. The van der Waals surface area contributed by atoms with E-state index in [9.17, 15) is 9.59 Å². The van der Waals surface area contributed by atoms with E-state index in [1.54, 1.807) is 55.7 Å². The number of benzene rings is 3. The highest BCUT2D eigenvalue weighted by molar-refractivity contribution is 6.05. The molecule has 3 aromatic carbocycles. The van der Waals surface area contributed by atoms with Crippen LogP contribution in [0.3, 0.4) is 0 Å². The summed E-state index contributed by atoms with van der Waals surface area (Å²) in [6, 6.07) is 23.1. The smallest absolute Gasteiger partial charge is 0.287 e. The number of carbonyl (C=O) groups excluding carboxylic acids is 2.